The number of pyridine rings is 2. The molecule has 2 N–H and O–H groups in total. The van der Waals surface area contributed by atoms with E-state index in [0.29, 0.717) is 71.1 Å². The van der Waals surface area contributed by atoms with Gasteiger partial charge in [0.1, 0.15) is 11.9 Å². The van der Waals surface area contributed by atoms with Gasteiger partial charge in [-0.25, -0.2) is 9.78 Å². The Hall–Kier alpha value is -4.42. The van der Waals surface area contributed by atoms with E-state index in [4.69, 9.17) is 42.4 Å². The number of likely N-dealkylation sites (tertiary alicyclic amines) is 2. The highest BCUT2D eigenvalue weighted by Gasteiger charge is 2.24. The average molecular weight is 749 g/mol. The van der Waals surface area contributed by atoms with Gasteiger partial charge in [-0.05, 0) is 31.0 Å². The molecular formula is C39H43Cl2N5O6. The number of carbonyl (C=O) groups is 2. The van der Waals surface area contributed by atoms with Crippen molar-refractivity contribution in [3.8, 4) is 45.3 Å². The SMILES string of the molecule is COc1cc(-c2nccc(-c3cccc(-c4ccc(CN5CCC(O)CC5)c(OC)n4)c3Cl)c2Cl)ccc1CNC(=O)OC1CCN(C(C)=O)CC1. The third-order valence-electron chi connectivity index (χ3n) is 9.68. The van der Waals surface area contributed by atoms with Gasteiger partial charge in [-0.1, -0.05) is 59.6 Å². The van der Waals surface area contributed by atoms with Crippen LogP contribution in [0.15, 0.2) is 60.8 Å². The number of amides is 2. The topological polar surface area (TPSA) is 126 Å². The van der Waals surface area contributed by atoms with Crippen molar-refractivity contribution in [2.75, 3.05) is 40.4 Å². The number of piperidine rings is 2. The molecule has 2 aromatic heterocycles. The second-order valence-electron chi connectivity index (χ2n) is 13.1. The van der Waals surface area contributed by atoms with E-state index in [1.54, 1.807) is 32.2 Å². The Morgan fingerprint density at radius 1 is 0.885 bits per heavy atom. The maximum Gasteiger partial charge on any atom is 0.407 e. The molecule has 0 bridgehead atoms. The van der Waals surface area contributed by atoms with Gasteiger partial charge in [0.25, 0.3) is 0 Å². The van der Waals surface area contributed by atoms with Crippen LogP contribution < -0.4 is 14.8 Å². The third-order valence-corrected chi connectivity index (χ3v) is 10.5. The maximum atomic E-state index is 12.6. The normalized spacial score (nSPS) is 15.7. The van der Waals surface area contributed by atoms with E-state index >= 15 is 0 Å². The molecule has 0 saturated carbocycles. The highest BCUT2D eigenvalue weighted by molar-refractivity contribution is 6.39. The molecule has 274 valence electrons. The molecule has 2 amide bonds. The van der Waals surface area contributed by atoms with Crippen LogP contribution >= 0.6 is 23.2 Å². The minimum atomic E-state index is -0.521. The minimum absolute atomic E-state index is 0.0305. The Morgan fingerprint density at radius 3 is 2.31 bits per heavy atom. The lowest BCUT2D eigenvalue weighted by Gasteiger charge is -2.30. The summed E-state index contributed by atoms with van der Waals surface area (Å²) in [6.07, 6.45) is 3.44. The van der Waals surface area contributed by atoms with Crippen molar-refractivity contribution in [1.82, 2.24) is 25.1 Å². The van der Waals surface area contributed by atoms with Gasteiger partial charge in [-0.15, -0.1) is 0 Å². The van der Waals surface area contributed by atoms with Crippen LogP contribution in [0.2, 0.25) is 10.0 Å². The number of halogens is 2. The Morgan fingerprint density at radius 2 is 1.60 bits per heavy atom. The van der Waals surface area contributed by atoms with Crippen molar-refractivity contribution in [2.45, 2.75) is 57.9 Å². The van der Waals surface area contributed by atoms with E-state index in [0.717, 1.165) is 53.7 Å². The van der Waals surface area contributed by atoms with E-state index < -0.39 is 6.09 Å². The molecule has 0 radical (unpaired) electrons. The molecule has 6 rings (SSSR count). The second-order valence-corrected chi connectivity index (χ2v) is 13.8. The van der Waals surface area contributed by atoms with Gasteiger partial charge in [0.2, 0.25) is 11.8 Å². The number of carbonyl (C=O) groups excluding carboxylic acids is 2. The quantitative estimate of drug-likeness (QED) is 0.177. The standard InChI is InChI=1S/C39H43Cl2N5O6/c1-24(47)46-19-14-29(15-20-46)52-39(49)43-22-26-8-7-25(21-34(26)50-2)37-36(41)31(11-16-42-37)30-5-4-6-32(35(30)40)33-10-9-27(38(44-33)51-3)23-45-17-12-28(48)13-18-45/h4-11,16,21,28-29,48H,12-15,17-20,22-23H2,1-3H3,(H,43,49). The Balaban J connectivity index is 1.17. The first-order valence-corrected chi connectivity index (χ1v) is 18.2. The molecule has 4 aromatic rings. The number of benzene rings is 2. The fourth-order valence-electron chi connectivity index (χ4n) is 6.71. The number of rotatable bonds is 10. The van der Waals surface area contributed by atoms with Crippen LogP contribution in [0.25, 0.3) is 33.6 Å². The van der Waals surface area contributed by atoms with E-state index in [2.05, 4.69) is 15.2 Å². The van der Waals surface area contributed by atoms with E-state index in [1.807, 2.05) is 54.6 Å². The molecule has 2 fully saturated rings. The molecule has 0 spiro atoms. The highest BCUT2D eigenvalue weighted by Crippen LogP contribution is 2.42. The summed E-state index contributed by atoms with van der Waals surface area (Å²) in [6, 6.07) is 17.1. The summed E-state index contributed by atoms with van der Waals surface area (Å²) in [5.41, 5.74) is 5.83. The molecule has 13 heteroatoms. The molecule has 0 unspecified atom stereocenters. The molecule has 4 heterocycles. The molecule has 2 aliphatic rings. The van der Waals surface area contributed by atoms with Crippen molar-refractivity contribution in [1.29, 1.82) is 0 Å². The first kappa shape index (κ1) is 37.3. The van der Waals surface area contributed by atoms with Gasteiger partial charge in [-0.3, -0.25) is 14.7 Å². The van der Waals surface area contributed by atoms with Crippen molar-refractivity contribution in [2.24, 2.45) is 0 Å². The van der Waals surface area contributed by atoms with Gasteiger partial charge in [0.05, 0.1) is 41.8 Å². The number of hydrogen-bond donors (Lipinski definition) is 2. The zero-order valence-corrected chi connectivity index (χ0v) is 31.0. The van der Waals surface area contributed by atoms with Crippen LogP contribution in [0, 0.1) is 0 Å². The number of aliphatic hydroxyl groups excluding tert-OH is 1. The predicted molar refractivity (Wildman–Crippen MR) is 201 cm³/mol. The lowest BCUT2D eigenvalue weighted by molar-refractivity contribution is -0.130. The van der Waals surface area contributed by atoms with Crippen LogP contribution in [0.1, 0.15) is 43.7 Å². The average Bonchev–Trinajstić information content (AvgIpc) is 3.15. The van der Waals surface area contributed by atoms with Crippen molar-refractivity contribution in [3.05, 3.63) is 82.0 Å². The molecule has 0 atom stereocenters. The zero-order valence-electron chi connectivity index (χ0n) is 29.5. The van der Waals surface area contributed by atoms with Crippen LogP contribution in [0.3, 0.4) is 0 Å². The molecule has 52 heavy (non-hydrogen) atoms. The fraction of sp³-hybridized carbons (Fsp3) is 0.385. The lowest BCUT2D eigenvalue weighted by atomic mass is 9.99. The van der Waals surface area contributed by atoms with Crippen molar-refractivity contribution < 1.29 is 28.9 Å². The molecule has 2 aliphatic heterocycles. The smallest absolute Gasteiger partial charge is 0.407 e. The van der Waals surface area contributed by atoms with Gasteiger partial charge in [0, 0.05) is 98.6 Å². The summed E-state index contributed by atoms with van der Waals surface area (Å²) in [4.78, 5) is 37.6. The summed E-state index contributed by atoms with van der Waals surface area (Å²) >= 11 is 14.2. The second kappa shape index (κ2) is 16.9. The van der Waals surface area contributed by atoms with E-state index in [9.17, 15) is 14.7 Å². The number of hydrogen-bond acceptors (Lipinski definition) is 9. The number of methoxy groups -OCH3 is 2. The van der Waals surface area contributed by atoms with Crippen LogP contribution in [-0.4, -0.2) is 89.5 Å². The number of aliphatic hydroxyl groups is 1. The Kier molecular flexibility index (Phi) is 12.2. The fourth-order valence-corrected chi connectivity index (χ4v) is 7.36. The summed E-state index contributed by atoms with van der Waals surface area (Å²) < 4.78 is 17.0. The van der Waals surface area contributed by atoms with E-state index in [1.165, 1.54) is 0 Å². The third kappa shape index (κ3) is 8.61. The Bertz CT molecular complexity index is 1910. The summed E-state index contributed by atoms with van der Waals surface area (Å²) in [5.74, 6) is 1.12. The maximum absolute atomic E-state index is 12.6. The van der Waals surface area contributed by atoms with Crippen LogP contribution in [0.5, 0.6) is 11.6 Å². The molecule has 11 nitrogen and oxygen atoms in total. The first-order chi connectivity index (χ1) is 25.1. The molecule has 0 aliphatic carbocycles. The minimum Gasteiger partial charge on any atom is -0.496 e. The number of aromatic nitrogens is 2. The number of alkyl carbamates (subject to hydrolysis) is 1. The molecular weight excluding hydrogens is 705 g/mol. The predicted octanol–water partition coefficient (Wildman–Crippen LogP) is 7.00. The zero-order chi connectivity index (χ0) is 36.8. The lowest BCUT2D eigenvalue weighted by Crippen LogP contribution is -2.41. The monoisotopic (exact) mass is 747 g/mol. The van der Waals surface area contributed by atoms with Gasteiger partial charge < -0.3 is 29.5 Å². The largest absolute Gasteiger partial charge is 0.496 e. The Labute approximate surface area is 313 Å². The summed E-state index contributed by atoms with van der Waals surface area (Å²) in [5, 5.41) is 13.6. The van der Waals surface area contributed by atoms with Gasteiger partial charge in [-0.2, -0.15) is 0 Å². The molecule has 2 saturated heterocycles. The first-order valence-electron chi connectivity index (χ1n) is 17.4. The molecule has 2 aromatic carbocycles. The van der Waals surface area contributed by atoms with Crippen molar-refractivity contribution in [3.63, 3.8) is 0 Å². The van der Waals surface area contributed by atoms with Crippen molar-refractivity contribution >= 4 is 35.2 Å². The van der Waals surface area contributed by atoms with Crippen LogP contribution in [-0.2, 0) is 22.6 Å². The number of nitrogens with zero attached hydrogens (tertiary/aromatic N) is 4. The number of ether oxygens (including phenoxy) is 3. The van der Waals surface area contributed by atoms with Gasteiger partial charge in [0.15, 0.2) is 0 Å². The van der Waals surface area contributed by atoms with Gasteiger partial charge >= 0.3 is 6.09 Å². The van der Waals surface area contributed by atoms with Crippen LogP contribution in [0.4, 0.5) is 4.79 Å². The highest BCUT2D eigenvalue weighted by atomic mass is 35.5. The van der Waals surface area contributed by atoms with E-state index in [-0.39, 0.29) is 24.7 Å². The summed E-state index contributed by atoms with van der Waals surface area (Å²) in [7, 11) is 3.18. The number of nitrogens with one attached hydrogen (secondary N) is 1. The summed E-state index contributed by atoms with van der Waals surface area (Å²) in [6.45, 7) is 5.22.